The van der Waals surface area contributed by atoms with E-state index in [-0.39, 0.29) is 0 Å². The van der Waals surface area contributed by atoms with Gasteiger partial charge in [-0.15, -0.1) is 0 Å². The molecule has 1 unspecified atom stereocenters. The molecule has 17 heavy (non-hydrogen) atoms. The summed E-state index contributed by atoms with van der Waals surface area (Å²) in [6, 6.07) is -0.144. The molecular weight excluding hydrogens is 237 g/mol. The number of aliphatic hydroxyl groups is 1. The SMILES string of the molecule is NC(CO)C(=O)NCc1c(F)cc(F)cc1F. The molecule has 0 saturated heterocycles. The standard InChI is InChI=1S/C10H11F3N2O2/c11-5-1-7(12)6(8(13)2-5)3-15-10(17)9(14)4-16/h1-2,9,16H,3-4,14H2,(H,15,17). The number of amides is 1. The molecule has 0 radical (unpaired) electrons. The van der Waals surface area contributed by atoms with E-state index in [1.165, 1.54) is 0 Å². The third kappa shape index (κ3) is 3.43. The first-order valence-corrected chi connectivity index (χ1v) is 4.73. The predicted molar refractivity (Wildman–Crippen MR) is 53.2 cm³/mol. The molecule has 0 aliphatic heterocycles. The van der Waals surface area contributed by atoms with Crippen molar-refractivity contribution in [3.63, 3.8) is 0 Å². The Balaban J connectivity index is 2.73. The smallest absolute Gasteiger partial charge is 0.239 e. The molecule has 4 N–H and O–H groups in total. The van der Waals surface area contributed by atoms with Gasteiger partial charge in [-0.1, -0.05) is 0 Å². The first kappa shape index (κ1) is 13.5. The van der Waals surface area contributed by atoms with Crippen molar-refractivity contribution in [1.29, 1.82) is 0 Å². The van der Waals surface area contributed by atoms with Crippen molar-refractivity contribution in [1.82, 2.24) is 5.32 Å². The Morgan fingerprint density at radius 3 is 2.35 bits per heavy atom. The summed E-state index contributed by atoms with van der Waals surface area (Å²) in [5.41, 5.74) is 4.70. The zero-order valence-corrected chi connectivity index (χ0v) is 8.71. The van der Waals surface area contributed by atoms with Crippen LogP contribution in [0.2, 0.25) is 0 Å². The average molecular weight is 248 g/mol. The van der Waals surface area contributed by atoms with E-state index in [0.29, 0.717) is 12.1 Å². The molecule has 0 spiro atoms. The number of halogens is 3. The Bertz CT molecular complexity index is 403. The van der Waals surface area contributed by atoms with Gasteiger partial charge < -0.3 is 16.2 Å². The summed E-state index contributed by atoms with van der Waals surface area (Å²) in [6.45, 7) is -1.05. The van der Waals surface area contributed by atoms with E-state index in [1.54, 1.807) is 0 Å². The fraction of sp³-hybridized carbons (Fsp3) is 0.300. The molecule has 0 aliphatic carbocycles. The Morgan fingerprint density at radius 2 is 1.88 bits per heavy atom. The first-order valence-electron chi connectivity index (χ1n) is 4.73. The minimum Gasteiger partial charge on any atom is -0.394 e. The minimum absolute atomic E-state index is 0.468. The maximum Gasteiger partial charge on any atom is 0.239 e. The van der Waals surface area contributed by atoms with Gasteiger partial charge in [0.2, 0.25) is 5.91 Å². The van der Waals surface area contributed by atoms with Gasteiger partial charge in [0.15, 0.2) is 0 Å². The molecule has 0 aromatic heterocycles. The van der Waals surface area contributed by atoms with Crippen molar-refractivity contribution in [3.05, 3.63) is 35.1 Å². The number of benzene rings is 1. The van der Waals surface area contributed by atoms with Crippen LogP contribution >= 0.6 is 0 Å². The van der Waals surface area contributed by atoms with Gasteiger partial charge in [-0.2, -0.15) is 0 Å². The normalized spacial score (nSPS) is 12.3. The Labute approximate surface area is 95.2 Å². The molecule has 7 heteroatoms. The molecule has 1 atom stereocenters. The highest BCUT2D eigenvalue weighted by molar-refractivity contribution is 5.81. The number of hydrogen-bond donors (Lipinski definition) is 3. The lowest BCUT2D eigenvalue weighted by Crippen LogP contribution is -2.42. The summed E-state index contributed by atoms with van der Waals surface area (Å²) in [4.78, 5) is 11.1. The third-order valence-corrected chi connectivity index (χ3v) is 2.08. The molecule has 94 valence electrons. The van der Waals surface area contributed by atoms with Crippen LogP contribution < -0.4 is 11.1 Å². The van der Waals surface area contributed by atoms with E-state index in [9.17, 15) is 18.0 Å². The van der Waals surface area contributed by atoms with E-state index >= 15 is 0 Å². The predicted octanol–water partition coefficient (Wildman–Crippen LogP) is 0.0397. The summed E-state index contributed by atoms with van der Waals surface area (Å²) >= 11 is 0. The quantitative estimate of drug-likeness (QED) is 0.704. The fourth-order valence-corrected chi connectivity index (χ4v) is 1.13. The molecule has 0 heterocycles. The van der Waals surface area contributed by atoms with E-state index in [2.05, 4.69) is 5.32 Å². The highest BCUT2D eigenvalue weighted by Gasteiger charge is 2.15. The van der Waals surface area contributed by atoms with Crippen LogP contribution in [0.1, 0.15) is 5.56 Å². The second-order valence-electron chi connectivity index (χ2n) is 3.35. The lowest BCUT2D eigenvalue weighted by Gasteiger charge is -2.10. The molecule has 1 rings (SSSR count). The lowest BCUT2D eigenvalue weighted by molar-refractivity contribution is -0.123. The molecule has 4 nitrogen and oxygen atoms in total. The summed E-state index contributed by atoms with van der Waals surface area (Å²) < 4.78 is 38.8. The maximum atomic E-state index is 13.1. The Morgan fingerprint density at radius 1 is 1.35 bits per heavy atom. The Kier molecular flexibility index (Phi) is 4.47. The van der Waals surface area contributed by atoms with Crippen molar-refractivity contribution in [3.8, 4) is 0 Å². The first-order chi connectivity index (χ1) is 7.95. The van der Waals surface area contributed by atoms with Crippen LogP contribution in [0.3, 0.4) is 0 Å². The number of aliphatic hydroxyl groups excluding tert-OH is 1. The van der Waals surface area contributed by atoms with E-state index < -0.39 is 48.1 Å². The lowest BCUT2D eigenvalue weighted by atomic mass is 10.2. The Hall–Kier alpha value is -1.60. The zero-order chi connectivity index (χ0) is 13.0. The number of nitrogens with two attached hydrogens (primary N) is 1. The van der Waals surface area contributed by atoms with Gasteiger partial charge in [-0.05, 0) is 0 Å². The second kappa shape index (κ2) is 5.65. The van der Waals surface area contributed by atoms with Crippen LogP contribution in [-0.2, 0) is 11.3 Å². The highest BCUT2D eigenvalue weighted by atomic mass is 19.1. The molecule has 1 amide bonds. The van der Waals surface area contributed by atoms with Crippen molar-refractivity contribution in [2.75, 3.05) is 6.61 Å². The van der Waals surface area contributed by atoms with Gasteiger partial charge in [0.05, 0.1) is 6.61 Å². The topological polar surface area (TPSA) is 75.3 Å². The van der Waals surface area contributed by atoms with Gasteiger partial charge in [0.1, 0.15) is 23.5 Å². The summed E-state index contributed by atoms with van der Waals surface area (Å²) in [7, 11) is 0. The van der Waals surface area contributed by atoms with Crippen LogP contribution in [0.4, 0.5) is 13.2 Å². The monoisotopic (exact) mass is 248 g/mol. The van der Waals surface area contributed by atoms with E-state index in [4.69, 9.17) is 10.8 Å². The molecule has 0 fully saturated rings. The van der Waals surface area contributed by atoms with E-state index in [1.807, 2.05) is 0 Å². The summed E-state index contributed by atoms with van der Waals surface area (Å²) in [5, 5.41) is 10.7. The number of carbonyl (C=O) groups excluding carboxylic acids is 1. The fourth-order valence-electron chi connectivity index (χ4n) is 1.13. The van der Waals surface area contributed by atoms with Crippen molar-refractivity contribution in [2.45, 2.75) is 12.6 Å². The maximum absolute atomic E-state index is 13.1. The third-order valence-electron chi connectivity index (χ3n) is 2.08. The van der Waals surface area contributed by atoms with Crippen LogP contribution in [0, 0.1) is 17.5 Å². The van der Waals surface area contributed by atoms with Crippen LogP contribution in [0.15, 0.2) is 12.1 Å². The van der Waals surface area contributed by atoms with Gasteiger partial charge in [-0.3, -0.25) is 4.79 Å². The highest BCUT2D eigenvalue weighted by Crippen LogP contribution is 2.14. The van der Waals surface area contributed by atoms with Gasteiger partial charge in [0, 0.05) is 24.2 Å². The molecule has 0 saturated carbocycles. The van der Waals surface area contributed by atoms with Gasteiger partial charge >= 0.3 is 0 Å². The molecule has 1 aromatic rings. The van der Waals surface area contributed by atoms with Crippen LogP contribution in [0.25, 0.3) is 0 Å². The van der Waals surface area contributed by atoms with Crippen LogP contribution in [0.5, 0.6) is 0 Å². The molecular formula is C10H11F3N2O2. The van der Waals surface area contributed by atoms with Crippen molar-refractivity contribution >= 4 is 5.91 Å². The second-order valence-corrected chi connectivity index (χ2v) is 3.35. The van der Waals surface area contributed by atoms with Gasteiger partial charge in [-0.25, -0.2) is 13.2 Å². The largest absolute Gasteiger partial charge is 0.394 e. The number of carbonyl (C=O) groups is 1. The molecule has 0 aliphatic rings. The van der Waals surface area contributed by atoms with E-state index in [0.717, 1.165) is 0 Å². The van der Waals surface area contributed by atoms with Crippen molar-refractivity contribution < 1.29 is 23.1 Å². The minimum atomic E-state index is -1.17. The number of nitrogens with one attached hydrogen (secondary N) is 1. The zero-order valence-electron chi connectivity index (χ0n) is 8.71. The van der Waals surface area contributed by atoms with Gasteiger partial charge in [0.25, 0.3) is 0 Å². The molecule has 1 aromatic carbocycles. The number of rotatable bonds is 4. The number of hydrogen-bond acceptors (Lipinski definition) is 3. The van der Waals surface area contributed by atoms with Crippen LogP contribution in [-0.4, -0.2) is 23.7 Å². The van der Waals surface area contributed by atoms with Crippen molar-refractivity contribution in [2.24, 2.45) is 5.73 Å². The average Bonchev–Trinajstić information content (AvgIpc) is 2.26. The molecule has 0 bridgehead atoms. The summed E-state index contributed by atoms with van der Waals surface area (Å²) in [5.74, 6) is -3.99. The summed E-state index contributed by atoms with van der Waals surface area (Å²) in [6.07, 6.45) is 0.